The van der Waals surface area contributed by atoms with Crippen LogP contribution < -0.4 is 15.0 Å². The molecule has 2 saturated heterocycles. The van der Waals surface area contributed by atoms with E-state index in [1.54, 1.807) is 30.7 Å². The molecule has 2 aliphatic rings. The summed E-state index contributed by atoms with van der Waals surface area (Å²) in [7, 11) is 0. The SMILES string of the molecule is Oc1cc(-c2ncc3c(N4CCC5CNC(C5)C4)nc(OCc4cccnc4)nc3c2F)c2ccccc2c1. The number of phenols is 1. The predicted octanol–water partition coefficient (Wildman–Crippen LogP) is 4.85. The van der Waals surface area contributed by atoms with Crippen molar-refractivity contribution in [3.05, 3.63) is 78.5 Å². The molecule has 2 unspecified atom stereocenters. The predicted molar refractivity (Wildman–Crippen MR) is 147 cm³/mol. The van der Waals surface area contributed by atoms with Gasteiger partial charge in [-0.1, -0.05) is 30.3 Å². The second-order valence-corrected chi connectivity index (χ2v) is 10.3. The summed E-state index contributed by atoms with van der Waals surface area (Å²) in [4.78, 5) is 20.2. The molecule has 0 aliphatic carbocycles. The van der Waals surface area contributed by atoms with Crippen LogP contribution in [0.2, 0.25) is 0 Å². The van der Waals surface area contributed by atoms with Gasteiger partial charge < -0.3 is 20.1 Å². The number of pyridine rings is 2. The van der Waals surface area contributed by atoms with Gasteiger partial charge in [0.25, 0.3) is 0 Å². The molecular formula is C30H27FN6O2. The molecule has 7 rings (SSSR count). The van der Waals surface area contributed by atoms with Gasteiger partial charge in [-0.25, -0.2) is 4.39 Å². The van der Waals surface area contributed by atoms with E-state index in [9.17, 15) is 5.11 Å². The summed E-state index contributed by atoms with van der Waals surface area (Å²) in [6.07, 6.45) is 7.22. The van der Waals surface area contributed by atoms with Crippen molar-refractivity contribution in [2.24, 2.45) is 5.92 Å². The number of hydrogen-bond donors (Lipinski definition) is 2. The number of phenolic OH excluding ortho intramolecular Hbond substituents is 1. The minimum absolute atomic E-state index is 0.0426. The molecule has 2 bridgehead atoms. The fraction of sp³-hybridized carbons (Fsp3) is 0.267. The topological polar surface area (TPSA) is 96.3 Å². The molecule has 3 aromatic heterocycles. The van der Waals surface area contributed by atoms with E-state index < -0.39 is 5.82 Å². The minimum Gasteiger partial charge on any atom is -0.508 e. The first-order valence-electron chi connectivity index (χ1n) is 13.2. The van der Waals surface area contributed by atoms with Crippen molar-refractivity contribution in [1.82, 2.24) is 25.3 Å². The second kappa shape index (κ2) is 9.74. The molecule has 5 heterocycles. The number of anilines is 1. The van der Waals surface area contributed by atoms with Crippen LogP contribution in [0.1, 0.15) is 18.4 Å². The molecule has 2 fully saturated rings. The molecule has 2 aliphatic heterocycles. The molecule has 0 spiro atoms. The average molecular weight is 523 g/mol. The zero-order valence-electron chi connectivity index (χ0n) is 21.2. The minimum atomic E-state index is -0.576. The van der Waals surface area contributed by atoms with E-state index in [4.69, 9.17) is 9.72 Å². The summed E-state index contributed by atoms with van der Waals surface area (Å²) in [5.74, 6) is 0.720. The van der Waals surface area contributed by atoms with E-state index >= 15 is 4.39 Å². The van der Waals surface area contributed by atoms with Crippen LogP contribution >= 0.6 is 0 Å². The van der Waals surface area contributed by atoms with Gasteiger partial charge in [0.1, 0.15) is 29.4 Å². The van der Waals surface area contributed by atoms with Crippen LogP contribution in [0, 0.1) is 11.7 Å². The Balaban J connectivity index is 1.37. The zero-order chi connectivity index (χ0) is 26.3. The zero-order valence-corrected chi connectivity index (χ0v) is 21.2. The number of aromatic nitrogens is 4. The van der Waals surface area contributed by atoms with Crippen molar-refractivity contribution >= 4 is 27.5 Å². The van der Waals surface area contributed by atoms with Gasteiger partial charge in [0, 0.05) is 48.8 Å². The van der Waals surface area contributed by atoms with E-state index in [2.05, 4.69) is 25.2 Å². The highest BCUT2D eigenvalue weighted by atomic mass is 19.1. The molecule has 0 radical (unpaired) electrons. The Morgan fingerprint density at radius 1 is 1.08 bits per heavy atom. The summed E-state index contributed by atoms with van der Waals surface area (Å²) < 4.78 is 22.4. The largest absolute Gasteiger partial charge is 0.508 e. The average Bonchev–Trinajstić information content (AvgIpc) is 3.30. The van der Waals surface area contributed by atoms with Crippen LogP contribution in [0.5, 0.6) is 11.8 Å². The lowest BCUT2D eigenvalue weighted by Gasteiger charge is -2.27. The van der Waals surface area contributed by atoms with Crippen LogP contribution in [0.15, 0.2) is 67.1 Å². The lowest BCUT2D eigenvalue weighted by Crippen LogP contribution is -2.39. The number of ether oxygens (including phenoxy) is 1. The highest BCUT2D eigenvalue weighted by Gasteiger charge is 2.31. The van der Waals surface area contributed by atoms with E-state index in [0.717, 1.165) is 48.8 Å². The Hall–Kier alpha value is -4.37. The smallest absolute Gasteiger partial charge is 0.319 e. The molecule has 2 N–H and O–H groups in total. The van der Waals surface area contributed by atoms with Crippen LogP contribution in [0.4, 0.5) is 10.2 Å². The fourth-order valence-corrected chi connectivity index (χ4v) is 5.79. The van der Waals surface area contributed by atoms with Crippen molar-refractivity contribution < 1.29 is 14.2 Å². The Labute approximate surface area is 224 Å². The maximum atomic E-state index is 16.4. The molecule has 5 aromatic rings. The highest BCUT2D eigenvalue weighted by molar-refractivity contribution is 5.99. The standard InChI is InChI=1S/C30H27FN6O2/c31-26-27(24-12-22(38)11-20-5-1-2-6-23(20)24)34-15-25-28(26)35-30(39-17-19-4-3-8-32-13-19)36-29(25)37-9-7-18-10-21(16-37)33-14-18/h1-6,8,11-13,15,18,21,33,38H,7,9-10,14,16-17H2. The quantitative estimate of drug-likeness (QED) is 0.338. The van der Waals surface area contributed by atoms with Gasteiger partial charge in [0.15, 0.2) is 5.82 Å². The van der Waals surface area contributed by atoms with Crippen molar-refractivity contribution in [3.8, 4) is 23.0 Å². The van der Waals surface area contributed by atoms with E-state index in [1.165, 1.54) is 0 Å². The molecular weight excluding hydrogens is 495 g/mol. The number of nitrogens with zero attached hydrogens (tertiary/aromatic N) is 5. The normalized spacial score (nSPS) is 18.9. The summed E-state index contributed by atoms with van der Waals surface area (Å²) in [6, 6.07) is 14.9. The van der Waals surface area contributed by atoms with Crippen LogP contribution in [-0.2, 0) is 6.61 Å². The van der Waals surface area contributed by atoms with Crippen LogP contribution in [0.25, 0.3) is 32.9 Å². The van der Waals surface area contributed by atoms with Crippen molar-refractivity contribution in [3.63, 3.8) is 0 Å². The van der Waals surface area contributed by atoms with Crippen LogP contribution in [0.3, 0.4) is 0 Å². The summed E-state index contributed by atoms with van der Waals surface area (Å²) in [5.41, 5.74) is 1.62. The maximum Gasteiger partial charge on any atom is 0.319 e. The number of halogens is 1. The number of fused-ring (bicyclic) bond motifs is 4. The first-order valence-corrected chi connectivity index (χ1v) is 13.2. The second-order valence-electron chi connectivity index (χ2n) is 10.3. The molecule has 2 aromatic carbocycles. The van der Waals surface area contributed by atoms with Gasteiger partial charge in [0.05, 0.1) is 5.39 Å². The Morgan fingerprint density at radius 2 is 2.00 bits per heavy atom. The van der Waals surface area contributed by atoms with E-state index in [1.807, 2.05) is 36.4 Å². The third-order valence-electron chi connectivity index (χ3n) is 7.70. The van der Waals surface area contributed by atoms with Gasteiger partial charge in [-0.15, -0.1) is 0 Å². The van der Waals surface area contributed by atoms with Crippen LogP contribution in [-0.4, -0.2) is 50.7 Å². The number of aromatic hydroxyl groups is 1. The number of benzene rings is 2. The third-order valence-corrected chi connectivity index (χ3v) is 7.70. The first-order chi connectivity index (χ1) is 19.1. The fourth-order valence-electron chi connectivity index (χ4n) is 5.79. The number of nitrogens with one attached hydrogen (secondary N) is 1. The molecule has 0 saturated carbocycles. The van der Waals surface area contributed by atoms with Gasteiger partial charge >= 0.3 is 6.01 Å². The van der Waals surface area contributed by atoms with Crippen molar-refractivity contribution in [1.29, 1.82) is 0 Å². The maximum absolute atomic E-state index is 16.4. The van der Waals surface area contributed by atoms with Gasteiger partial charge in [-0.2, -0.15) is 9.97 Å². The lowest BCUT2D eigenvalue weighted by atomic mass is 10.0. The molecule has 8 nitrogen and oxygen atoms in total. The lowest BCUT2D eigenvalue weighted by molar-refractivity contribution is 0.281. The van der Waals surface area contributed by atoms with E-state index in [0.29, 0.717) is 28.7 Å². The summed E-state index contributed by atoms with van der Waals surface area (Å²) in [6.45, 7) is 2.84. The van der Waals surface area contributed by atoms with Gasteiger partial charge in [-0.05, 0) is 54.3 Å². The third kappa shape index (κ3) is 4.48. The summed E-state index contributed by atoms with van der Waals surface area (Å²) in [5, 5.41) is 16.1. The van der Waals surface area contributed by atoms with Gasteiger partial charge in [0.2, 0.25) is 0 Å². The molecule has 39 heavy (non-hydrogen) atoms. The Kier molecular flexibility index (Phi) is 5.93. The number of hydrogen-bond acceptors (Lipinski definition) is 8. The van der Waals surface area contributed by atoms with Crippen molar-refractivity contribution in [2.75, 3.05) is 24.5 Å². The summed E-state index contributed by atoms with van der Waals surface area (Å²) >= 11 is 0. The molecule has 9 heteroatoms. The highest BCUT2D eigenvalue weighted by Crippen LogP contribution is 2.37. The molecule has 0 amide bonds. The van der Waals surface area contributed by atoms with E-state index in [-0.39, 0.29) is 29.6 Å². The Bertz CT molecular complexity index is 1680. The Morgan fingerprint density at radius 3 is 2.90 bits per heavy atom. The monoisotopic (exact) mass is 522 g/mol. The van der Waals surface area contributed by atoms with Gasteiger partial charge in [-0.3, -0.25) is 9.97 Å². The number of rotatable bonds is 5. The molecule has 196 valence electrons. The first kappa shape index (κ1) is 23.7. The molecule has 2 atom stereocenters. The van der Waals surface area contributed by atoms with Crippen molar-refractivity contribution in [2.45, 2.75) is 25.5 Å².